The summed E-state index contributed by atoms with van der Waals surface area (Å²) in [6.07, 6.45) is 7.42. The molecular formula is C12H16N4O. The molecule has 5 nitrogen and oxygen atoms in total. The predicted octanol–water partition coefficient (Wildman–Crippen LogP) is 0.710. The fraction of sp³-hybridized carbons (Fsp3) is 0.333. The molecule has 2 rings (SSSR count). The molecule has 0 unspecified atom stereocenters. The van der Waals surface area contributed by atoms with E-state index < -0.39 is 0 Å². The number of fused-ring (bicyclic) bond motifs is 1. The number of hydrogen-bond acceptors (Lipinski definition) is 4. The summed E-state index contributed by atoms with van der Waals surface area (Å²) in [5.41, 5.74) is 0.944. The molecule has 0 fully saturated rings. The fourth-order valence-corrected chi connectivity index (χ4v) is 1.74. The molecule has 2 aromatic heterocycles. The Morgan fingerprint density at radius 2 is 2.41 bits per heavy atom. The Bertz CT molecular complexity index is 461. The van der Waals surface area contributed by atoms with E-state index >= 15 is 0 Å². The summed E-state index contributed by atoms with van der Waals surface area (Å²) in [4.78, 5) is 10.7. The largest absolute Gasteiger partial charge is 0.395 e. The number of aliphatic hydroxyl groups excluding tert-OH is 1. The summed E-state index contributed by atoms with van der Waals surface area (Å²) < 4.78 is 1.89. The van der Waals surface area contributed by atoms with Gasteiger partial charge < -0.3 is 5.11 Å². The number of hydrogen-bond donors (Lipinski definition) is 1. The van der Waals surface area contributed by atoms with Crippen LogP contribution in [0.1, 0.15) is 5.69 Å². The second-order valence-corrected chi connectivity index (χ2v) is 3.81. The molecular weight excluding hydrogens is 216 g/mol. The van der Waals surface area contributed by atoms with Gasteiger partial charge in [0.1, 0.15) is 0 Å². The van der Waals surface area contributed by atoms with Crippen LogP contribution in [0.25, 0.3) is 5.78 Å². The van der Waals surface area contributed by atoms with Crippen LogP contribution in [0.2, 0.25) is 0 Å². The van der Waals surface area contributed by atoms with Gasteiger partial charge in [0, 0.05) is 38.2 Å². The number of aliphatic hydroxyl groups is 1. The van der Waals surface area contributed by atoms with Crippen LogP contribution in [0.5, 0.6) is 0 Å². The van der Waals surface area contributed by atoms with E-state index in [1.165, 1.54) is 0 Å². The summed E-state index contributed by atoms with van der Waals surface area (Å²) in [5, 5.41) is 8.97. The summed E-state index contributed by atoms with van der Waals surface area (Å²) in [6, 6.07) is 1.87. The third kappa shape index (κ3) is 2.89. The van der Waals surface area contributed by atoms with E-state index in [0.29, 0.717) is 18.9 Å². The SMILES string of the molecule is C=CCN(CCO)Cc1cn2cccnc2n1. The summed E-state index contributed by atoms with van der Waals surface area (Å²) in [5.74, 6) is 0.699. The molecule has 0 radical (unpaired) electrons. The molecule has 2 heterocycles. The lowest BCUT2D eigenvalue weighted by Crippen LogP contribution is -2.26. The van der Waals surface area contributed by atoms with Gasteiger partial charge in [-0.2, -0.15) is 0 Å². The van der Waals surface area contributed by atoms with Crippen LogP contribution >= 0.6 is 0 Å². The first-order valence-electron chi connectivity index (χ1n) is 5.56. The Balaban J connectivity index is 2.13. The maximum absolute atomic E-state index is 8.97. The van der Waals surface area contributed by atoms with Gasteiger partial charge in [0.05, 0.1) is 12.3 Å². The topological polar surface area (TPSA) is 53.7 Å². The zero-order valence-corrected chi connectivity index (χ0v) is 9.66. The highest BCUT2D eigenvalue weighted by atomic mass is 16.3. The van der Waals surface area contributed by atoms with E-state index in [1.54, 1.807) is 6.20 Å². The first kappa shape index (κ1) is 11.8. The molecule has 0 saturated carbocycles. The molecule has 2 aromatic rings. The normalized spacial score (nSPS) is 11.2. The molecule has 1 N–H and O–H groups in total. The van der Waals surface area contributed by atoms with Crippen molar-refractivity contribution in [2.75, 3.05) is 19.7 Å². The molecule has 0 aromatic carbocycles. The smallest absolute Gasteiger partial charge is 0.233 e. The van der Waals surface area contributed by atoms with Crippen LogP contribution < -0.4 is 0 Å². The molecule has 17 heavy (non-hydrogen) atoms. The summed E-state index contributed by atoms with van der Waals surface area (Å²) in [7, 11) is 0. The number of imidazole rings is 1. The molecule has 90 valence electrons. The van der Waals surface area contributed by atoms with Crippen LogP contribution in [0.3, 0.4) is 0 Å². The summed E-state index contributed by atoms with van der Waals surface area (Å²) in [6.45, 7) is 5.89. The highest BCUT2D eigenvalue weighted by molar-refractivity contribution is 5.29. The molecule has 0 atom stereocenters. The van der Waals surface area contributed by atoms with Gasteiger partial charge in [0.25, 0.3) is 0 Å². The maximum Gasteiger partial charge on any atom is 0.233 e. The van der Waals surface area contributed by atoms with Gasteiger partial charge in [-0.25, -0.2) is 9.97 Å². The Labute approximate surface area is 100 Å². The van der Waals surface area contributed by atoms with Crippen molar-refractivity contribution in [3.05, 3.63) is 43.0 Å². The van der Waals surface area contributed by atoms with Gasteiger partial charge in [0.2, 0.25) is 5.78 Å². The van der Waals surface area contributed by atoms with Crippen molar-refractivity contribution in [2.24, 2.45) is 0 Å². The van der Waals surface area contributed by atoms with E-state index in [-0.39, 0.29) is 6.61 Å². The second kappa shape index (κ2) is 5.56. The van der Waals surface area contributed by atoms with Crippen molar-refractivity contribution in [3.63, 3.8) is 0 Å². The van der Waals surface area contributed by atoms with Crippen LogP contribution in [0, 0.1) is 0 Å². The molecule has 0 aliphatic rings. The lowest BCUT2D eigenvalue weighted by Gasteiger charge is -2.17. The van der Waals surface area contributed by atoms with Crippen LogP contribution in [0.15, 0.2) is 37.3 Å². The van der Waals surface area contributed by atoms with Crippen molar-refractivity contribution in [3.8, 4) is 0 Å². The highest BCUT2D eigenvalue weighted by Gasteiger charge is 2.07. The Morgan fingerprint density at radius 1 is 1.53 bits per heavy atom. The van der Waals surface area contributed by atoms with E-state index in [0.717, 1.165) is 12.2 Å². The standard InChI is InChI=1S/C12H16N4O/c1-2-5-15(7-8-17)9-11-10-16-6-3-4-13-12(16)14-11/h2-4,6,10,17H,1,5,7-9H2. The van der Waals surface area contributed by atoms with Gasteiger partial charge >= 0.3 is 0 Å². The quantitative estimate of drug-likeness (QED) is 0.745. The highest BCUT2D eigenvalue weighted by Crippen LogP contribution is 2.05. The average molecular weight is 232 g/mol. The van der Waals surface area contributed by atoms with Gasteiger partial charge in [0.15, 0.2) is 0 Å². The second-order valence-electron chi connectivity index (χ2n) is 3.81. The number of rotatable bonds is 6. The molecule has 0 amide bonds. The van der Waals surface area contributed by atoms with E-state index in [9.17, 15) is 0 Å². The van der Waals surface area contributed by atoms with Crippen molar-refractivity contribution < 1.29 is 5.11 Å². The van der Waals surface area contributed by atoms with Crippen molar-refractivity contribution in [2.45, 2.75) is 6.54 Å². The zero-order chi connectivity index (χ0) is 12.1. The minimum absolute atomic E-state index is 0.138. The van der Waals surface area contributed by atoms with Crippen LogP contribution in [-0.2, 0) is 6.54 Å². The lowest BCUT2D eigenvalue weighted by molar-refractivity contribution is 0.202. The predicted molar refractivity (Wildman–Crippen MR) is 65.5 cm³/mol. The van der Waals surface area contributed by atoms with E-state index in [1.807, 2.05) is 28.9 Å². The van der Waals surface area contributed by atoms with Crippen molar-refractivity contribution in [1.82, 2.24) is 19.3 Å². The minimum Gasteiger partial charge on any atom is -0.395 e. The first-order chi connectivity index (χ1) is 8.33. The minimum atomic E-state index is 0.138. The zero-order valence-electron chi connectivity index (χ0n) is 9.66. The fourth-order valence-electron chi connectivity index (χ4n) is 1.74. The number of nitrogens with zero attached hydrogens (tertiary/aromatic N) is 4. The van der Waals surface area contributed by atoms with Crippen molar-refractivity contribution >= 4 is 5.78 Å². The van der Waals surface area contributed by atoms with Gasteiger partial charge in [-0.1, -0.05) is 6.08 Å². The molecule has 0 spiro atoms. The third-order valence-electron chi connectivity index (χ3n) is 2.47. The molecule has 0 saturated heterocycles. The molecule has 0 aliphatic heterocycles. The Morgan fingerprint density at radius 3 is 3.12 bits per heavy atom. The molecule has 5 heteroatoms. The number of aromatic nitrogens is 3. The summed E-state index contributed by atoms with van der Waals surface area (Å²) >= 11 is 0. The maximum atomic E-state index is 8.97. The van der Waals surface area contributed by atoms with Crippen molar-refractivity contribution in [1.29, 1.82) is 0 Å². The van der Waals surface area contributed by atoms with Gasteiger partial charge in [-0.05, 0) is 6.07 Å². The van der Waals surface area contributed by atoms with Crippen LogP contribution in [-0.4, -0.2) is 44.1 Å². The Hall–Kier alpha value is -1.72. The third-order valence-corrected chi connectivity index (χ3v) is 2.47. The average Bonchev–Trinajstić information content (AvgIpc) is 2.71. The Kier molecular flexibility index (Phi) is 3.85. The van der Waals surface area contributed by atoms with E-state index in [2.05, 4.69) is 21.4 Å². The van der Waals surface area contributed by atoms with E-state index in [4.69, 9.17) is 5.11 Å². The lowest BCUT2D eigenvalue weighted by atomic mass is 10.4. The molecule has 0 aliphatic carbocycles. The van der Waals surface area contributed by atoms with Gasteiger partial charge in [-0.3, -0.25) is 9.30 Å². The molecule has 0 bridgehead atoms. The monoisotopic (exact) mass is 232 g/mol. The first-order valence-corrected chi connectivity index (χ1v) is 5.56. The van der Waals surface area contributed by atoms with Crippen LogP contribution in [0.4, 0.5) is 0 Å². The van der Waals surface area contributed by atoms with Gasteiger partial charge in [-0.15, -0.1) is 6.58 Å².